The van der Waals surface area contributed by atoms with Crippen LogP contribution in [0.25, 0.3) is 0 Å². The summed E-state index contributed by atoms with van der Waals surface area (Å²) >= 11 is 4.77. The highest BCUT2D eigenvalue weighted by Crippen LogP contribution is 2.06. The second-order valence-corrected chi connectivity index (χ2v) is 2.60. The first kappa shape index (κ1) is 8.93. The van der Waals surface area contributed by atoms with Gasteiger partial charge in [-0.2, -0.15) is 0 Å². The van der Waals surface area contributed by atoms with E-state index in [1.807, 2.05) is 13.0 Å². The number of hydrogen-bond acceptors (Lipinski definition) is 3. The molecule has 12 heavy (non-hydrogen) atoms. The van der Waals surface area contributed by atoms with Gasteiger partial charge in [0.1, 0.15) is 10.7 Å². The molecule has 0 aliphatic carbocycles. The summed E-state index contributed by atoms with van der Waals surface area (Å²) < 4.78 is 5.17. The molecule has 0 saturated heterocycles. The van der Waals surface area contributed by atoms with Gasteiger partial charge in [0.25, 0.3) is 0 Å². The molecule has 3 nitrogen and oxygen atoms in total. The van der Waals surface area contributed by atoms with Gasteiger partial charge in [-0.1, -0.05) is 18.3 Å². The highest BCUT2D eigenvalue weighted by molar-refractivity contribution is 7.80. The third kappa shape index (κ3) is 2.17. The summed E-state index contributed by atoms with van der Waals surface area (Å²) in [5, 5.41) is 0. The number of aromatic nitrogens is 1. The molecule has 2 N–H and O–H groups in total. The Kier molecular flexibility index (Phi) is 2.99. The number of thiocarbonyl (C=S) groups is 1. The van der Waals surface area contributed by atoms with Crippen molar-refractivity contribution in [1.29, 1.82) is 0 Å². The number of pyridine rings is 1. The van der Waals surface area contributed by atoms with E-state index in [1.165, 1.54) is 0 Å². The van der Waals surface area contributed by atoms with Gasteiger partial charge < -0.3 is 10.5 Å². The quantitative estimate of drug-likeness (QED) is 0.711. The van der Waals surface area contributed by atoms with Crippen molar-refractivity contribution < 1.29 is 4.74 Å². The Labute approximate surface area is 76.6 Å². The average molecular weight is 182 g/mol. The summed E-state index contributed by atoms with van der Waals surface area (Å²) in [6.07, 6.45) is 0. The van der Waals surface area contributed by atoms with E-state index < -0.39 is 0 Å². The topological polar surface area (TPSA) is 48.1 Å². The van der Waals surface area contributed by atoms with E-state index in [0.717, 1.165) is 0 Å². The zero-order valence-electron chi connectivity index (χ0n) is 6.78. The van der Waals surface area contributed by atoms with Gasteiger partial charge in [0, 0.05) is 6.07 Å². The fourth-order valence-corrected chi connectivity index (χ4v) is 0.894. The fourth-order valence-electron chi connectivity index (χ4n) is 0.780. The summed E-state index contributed by atoms with van der Waals surface area (Å²) in [4.78, 5) is 4.36. The Morgan fingerprint density at radius 2 is 2.42 bits per heavy atom. The Hall–Kier alpha value is -1.16. The van der Waals surface area contributed by atoms with Gasteiger partial charge in [-0.15, -0.1) is 0 Å². The normalized spacial score (nSPS) is 9.42. The summed E-state index contributed by atoms with van der Waals surface area (Å²) in [5.74, 6) is 0.558. The van der Waals surface area contributed by atoms with Crippen LogP contribution in [-0.4, -0.2) is 16.6 Å². The number of rotatable bonds is 3. The maximum atomic E-state index is 5.39. The Morgan fingerprint density at radius 3 is 3.00 bits per heavy atom. The molecule has 1 heterocycles. The molecule has 4 heteroatoms. The lowest BCUT2D eigenvalue weighted by atomic mass is 10.3. The molecule has 0 radical (unpaired) electrons. The van der Waals surface area contributed by atoms with Crippen LogP contribution in [0.4, 0.5) is 0 Å². The van der Waals surface area contributed by atoms with Crippen LogP contribution in [0.15, 0.2) is 18.2 Å². The first-order valence-electron chi connectivity index (χ1n) is 3.63. The van der Waals surface area contributed by atoms with Crippen LogP contribution < -0.4 is 10.5 Å². The van der Waals surface area contributed by atoms with Crippen molar-refractivity contribution in [1.82, 2.24) is 4.98 Å². The van der Waals surface area contributed by atoms with Gasteiger partial charge in [-0.3, -0.25) is 0 Å². The molecule has 1 aromatic rings. The number of ether oxygens (including phenoxy) is 1. The molecule has 1 aromatic heterocycles. The van der Waals surface area contributed by atoms with Crippen LogP contribution >= 0.6 is 12.2 Å². The maximum Gasteiger partial charge on any atom is 0.213 e. The van der Waals surface area contributed by atoms with Crippen LogP contribution in [0, 0.1) is 0 Å². The molecule has 0 aliphatic heterocycles. The molecular formula is C8H10N2OS. The van der Waals surface area contributed by atoms with Gasteiger partial charge in [0.05, 0.1) is 6.61 Å². The first-order chi connectivity index (χ1) is 5.74. The fraction of sp³-hybridized carbons (Fsp3) is 0.250. The molecule has 0 atom stereocenters. The molecular weight excluding hydrogens is 172 g/mol. The predicted octanol–water partition coefficient (Wildman–Crippen LogP) is 1.11. The monoisotopic (exact) mass is 182 g/mol. The summed E-state index contributed by atoms with van der Waals surface area (Å²) in [5.41, 5.74) is 5.99. The minimum atomic E-state index is 0.288. The molecule has 0 unspecified atom stereocenters. The predicted molar refractivity (Wildman–Crippen MR) is 51.3 cm³/mol. The van der Waals surface area contributed by atoms with Crippen molar-refractivity contribution in [2.75, 3.05) is 6.61 Å². The molecule has 64 valence electrons. The average Bonchev–Trinajstić information content (AvgIpc) is 2.05. The molecule has 0 amide bonds. The molecule has 0 bridgehead atoms. The van der Waals surface area contributed by atoms with Gasteiger partial charge in [0.15, 0.2) is 0 Å². The van der Waals surface area contributed by atoms with Crippen LogP contribution in [0.1, 0.15) is 12.6 Å². The van der Waals surface area contributed by atoms with Gasteiger partial charge in [0.2, 0.25) is 5.88 Å². The largest absolute Gasteiger partial charge is 0.478 e. The van der Waals surface area contributed by atoms with E-state index in [1.54, 1.807) is 12.1 Å². The minimum absolute atomic E-state index is 0.288. The summed E-state index contributed by atoms with van der Waals surface area (Å²) in [6.45, 7) is 2.49. The SMILES string of the molecule is CCOc1cccc(C(N)=S)n1. The van der Waals surface area contributed by atoms with E-state index in [9.17, 15) is 0 Å². The smallest absolute Gasteiger partial charge is 0.213 e. The van der Waals surface area contributed by atoms with E-state index in [2.05, 4.69) is 4.98 Å². The third-order valence-electron chi connectivity index (χ3n) is 1.27. The van der Waals surface area contributed by atoms with Crippen molar-refractivity contribution in [3.8, 4) is 5.88 Å². The van der Waals surface area contributed by atoms with Crippen LogP contribution in [-0.2, 0) is 0 Å². The lowest BCUT2D eigenvalue weighted by Gasteiger charge is -2.02. The molecule has 0 aliphatic rings. The van der Waals surface area contributed by atoms with E-state index in [0.29, 0.717) is 18.2 Å². The second-order valence-electron chi connectivity index (χ2n) is 2.16. The highest BCUT2D eigenvalue weighted by Gasteiger charge is 1.99. The van der Waals surface area contributed by atoms with E-state index in [-0.39, 0.29) is 4.99 Å². The van der Waals surface area contributed by atoms with E-state index >= 15 is 0 Å². The summed E-state index contributed by atoms with van der Waals surface area (Å²) in [7, 11) is 0. The van der Waals surface area contributed by atoms with Crippen molar-refractivity contribution >= 4 is 17.2 Å². The summed E-state index contributed by atoms with van der Waals surface area (Å²) in [6, 6.07) is 5.34. The lowest BCUT2D eigenvalue weighted by Crippen LogP contribution is -2.11. The maximum absolute atomic E-state index is 5.39. The van der Waals surface area contributed by atoms with Gasteiger partial charge in [-0.25, -0.2) is 4.98 Å². The zero-order chi connectivity index (χ0) is 8.97. The molecule has 0 fully saturated rings. The third-order valence-corrected chi connectivity index (χ3v) is 1.48. The van der Waals surface area contributed by atoms with Crippen LogP contribution in [0.3, 0.4) is 0 Å². The second kappa shape index (κ2) is 4.01. The van der Waals surface area contributed by atoms with Crippen molar-refractivity contribution in [3.05, 3.63) is 23.9 Å². The zero-order valence-corrected chi connectivity index (χ0v) is 7.60. The number of hydrogen-bond donors (Lipinski definition) is 1. The highest BCUT2D eigenvalue weighted by atomic mass is 32.1. The molecule has 0 spiro atoms. The van der Waals surface area contributed by atoms with Crippen LogP contribution in [0.5, 0.6) is 5.88 Å². The van der Waals surface area contributed by atoms with Crippen LogP contribution in [0.2, 0.25) is 0 Å². The number of nitrogens with two attached hydrogens (primary N) is 1. The molecule has 1 rings (SSSR count). The minimum Gasteiger partial charge on any atom is -0.478 e. The Balaban J connectivity index is 2.88. The van der Waals surface area contributed by atoms with Crippen molar-refractivity contribution in [2.24, 2.45) is 5.73 Å². The lowest BCUT2D eigenvalue weighted by molar-refractivity contribution is 0.326. The van der Waals surface area contributed by atoms with Gasteiger partial charge in [-0.05, 0) is 13.0 Å². The Bertz CT molecular complexity index is 288. The van der Waals surface area contributed by atoms with Gasteiger partial charge >= 0.3 is 0 Å². The van der Waals surface area contributed by atoms with E-state index in [4.69, 9.17) is 22.7 Å². The Morgan fingerprint density at radius 1 is 1.67 bits per heavy atom. The standard InChI is InChI=1S/C8H10N2OS/c1-2-11-7-5-3-4-6(10-7)8(9)12/h3-5H,2H2,1H3,(H2,9,12). The van der Waals surface area contributed by atoms with Crippen molar-refractivity contribution in [3.63, 3.8) is 0 Å². The molecule has 0 saturated carbocycles. The first-order valence-corrected chi connectivity index (χ1v) is 4.04. The molecule has 0 aromatic carbocycles. The van der Waals surface area contributed by atoms with Crippen molar-refractivity contribution in [2.45, 2.75) is 6.92 Å². The number of nitrogens with zero attached hydrogens (tertiary/aromatic N) is 1.